The molecule has 0 aromatic carbocycles. The minimum Gasteiger partial charge on any atom is -0.357 e. The van der Waals surface area contributed by atoms with E-state index in [4.69, 9.17) is 0 Å². The molecule has 0 aliphatic heterocycles. The van der Waals surface area contributed by atoms with Crippen LogP contribution in [0.2, 0.25) is 0 Å². The number of thiazole rings is 1. The van der Waals surface area contributed by atoms with Crippen molar-refractivity contribution in [3.05, 3.63) is 16.1 Å². The van der Waals surface area contributed by atoms with Crippen LogP contribution >= 0.6 is 11.3 Å². The number of nitrogens with one attached hydrogen (secondary N) is 3. The Hall–Kier alpha value is -1.19. The van der Waals surface area contributed by atoms with Gasteiger partial charge in [0.05, 0.1) is 18.0 Å². The van der Waals surface area contributed by atoms with Gasteiger partial charge in [-0.2, -0.15) is 0 Å². The number of nitrogens with zero attached hydrogens (tertiary/aromatic N) is 2. The summed E-state index contributed by atoms with van der Waals surface area (Å²) in [5.41, 5.74) is 1.08. The summed E-state index contributed by atoms with van der Waals surface area (Å²) in [5.74, 6) is 1.58. The summed E-state index contributed by atoms with van der Waals surface area (Å²) in [7, 11) is -3.24. The van der Waals surface area contributed by atoms with E-state index in [2.05, 4.69) is 44.6 Å². The zero-order chi connectivity index (χ0) is 19.0. The van der Waals surface area contributed by atoms with Crippen LogP contribution in [-0.4, -0.2) is 44.7 Å². The van der Waals surface area contributed by atoms with Gasteiger partial charge in [0.2, 0.25) is 10.0 Å². The second-order valence-corrected chi connectivity index (χ2v) is 9.78. The second kappa shape index (κ2) is 10.2. The molecule has 2 rings (SSSR count). The first-order valence-corrected chi connectivity index (χ1v) is 11.9. The largest absolute Gasteiger partial charge is 0.357 e. The van der Waals surface area contributed by atoms with Gasteiger partial charge in [0.15, 0.2) is 5.96 Å². The Balaban J connectivity index is 1.78. The molecule has 0 atom stereocenters. The van der Waals surface area contributed by atoms with E-state index in [0.717, 1.165) is 23.5 Å². The van der Waals surface area contributed by atoms with Crippen LogP contribution in [0, 0.1) is 5.92 Å². The molecule has 3 N–H and O–H groups in total. The van der Waals surface area contributed by atoms with Gasteiger partial charge in [-0.1, -0.05) is 20.3 Å². The van der Waals surface area contributed by atoms with Gasteiger partial charge in [-0.3, -0.25) is 0 Å². The van der Waals surface area contributed by atoms with E-state index in [1.54, 1.807) is 11.3 Å². The highest BCUT2D eigenvalue weighted by atomic mass is 32.2. The van der Waals surface area contributed by atoms with Gasteiger partial charge in [0.1, 0.15) is 5.01 Å². The predicted molar refractivity (Wildman–Crippen MR) is 108 cm³/mol. The molecule has 1 aliphatic carbocycles. The van der Waals surface area contributed by atoms with Crippen LogP contribution < -0.4 is 15.4 Å². The van der Waals surface area contributed by atoms with Crippen molar-refractivity contribution in [1.82, 2.24) is 20.3 Å². The SMILES string of the molecule is CCNC(=NCc1nc(C(C)C)cs1)NCCS(=O)(=O)NCC1CCC1. The molecule has 0 saturated heterocycles. The first kappa shape index (κ1) is 21.1. The van der Waals surface area contributed by atoms with Crippen LogP contribution in [0.1, 0.15) is 56.7 Å². The zero-order valence-corrected chi connectivity index (χ0v) is 17.5. The number of guanidine groups is 1. The van der Waals surface area contributed by atoms with Gasteiger partial charge >= 0.3 is 0 Å². The average Bonchev–Trinajstić information content (AvgIpc) is 3.00. The van der Waals surface area contributed by atoms with E-state index >= 15 is 0 Å². The lowest BCUT2D eigenvalue weighted by molar-refractivity contribution is 0.316. The third-order valence-electron chi connectivity index (χ3n) is 4.36. The maximum Gasteiger partial charge on any atom is 0.213 e. The Morgan fingerprint density at radius 1 is 1.38 bits per heavy atom. The van der Waals surface area contributed by atoms with Gasteiger partial charge in [-0.25, -0.2) is 23.1 Å². The second-order valence-electron chi connectivity index (χ2n) is 6.91. The number of hydrogen-bond donors (Lipinski definition) is 3. The molecule has 0 bridgehead atoms. The maximum atomic E-state index is 12.0. The topological polar surface area (TPSA) is 95.5 Å². The molecule has 1 saturated carbocycles. The quantitative estimate of drug-likeness (QED) is 0.412. The van der Waals surface area contributed by atoms with Gasteiger partial charge in [-0.05, 0) is 31.6 Å². The molecular weight excluding hydrogens is 370 g/mol. The smallest absolute Gasteiger partial charge is 0.213 e. The standard InChI is InChI=1S/C17H31N5O2S2/c1-4-18-17(20-11-16-22-15(12-25-16)13(2)3)19-8-9-26(23,24)21-10-14-6-5-7-14/h12-14,21H,4-11H2,1-3H3,(H2,18,19,20). The molecule has 9 heteroatoms. The summed E-state index contributed by atoms with van der Waals surface area (Å²) in [4.78, 5) is 9.07. The van der Waals surface area contributed by atoms with Crippen molar-refractivity contribution >= 4 is 27.3 Å². The molecule has 0 unspecified atom stereocenters. The van der Waals surface area contributed by atoms with E-state index in [0.29, 0.717) is 44.0 Å². The summed E-state index contributed by atoms with van der Waals surface area (Å²) in [5, 5.41) is 9.25. The van der Waals surface area contributed by atoms with Crippen molar-refractivity contribution in [3.8, 4) is 0 Å². The summed E-state index contributed by atoms with van der Waals surface area (Å²) in [6.45, 7) is 8.31. The molecule has 148 valence electrons. The highest BCUT2D eigenvalue weighted by Crippen LogP contribution is 2.25. The van der Waals surface area contributed by atoms with Crippen molar-refractivity contribution in [3.63, 3.8) is 0 Å². The summed E-state index contributed by atoms with van der Waals surface area (Å²) in [6.07, 6.45) is 3.48. The van der Waals surface area contributed by atoms with Crippen molar-refractivity contribution < 1.29 is 8.42 Å². The van der Waals surface area contributed by atoms with E-state index in [9.17, 15) is 8.42 Å². The van der Waals surface area contributed by atoms with Crippen LogP contribution in [-0.2, 0) is 16.6 Å². The Morgan fingerprint density at radius 2 is 2.15 bits per heavy atom. The molecule has 0 amide bonds. The van der Waals surface area contributed by atoms with Crippen LogP contribution in [0.4, 0.5) is 0 Å². The molecule has 0 spiro atoms. The molecule has 1 aliphatic rings. The van der Waals surface area contributed by atoms with Crippen LogP contribution in [0.15, 0.2) is 10.4 Å². The van der Waals surface area contributed by atoms with Crippen LogP contribution in [0.25, 0.3) is 0 Å². The maximum absolute atomic E-state index is 12.0. The predicted octanol–water partition coefficient (Wildman–Crippen LogP) is 2.04. The van der Waals surface area contributed by atoms with Gasteiger partial charge in [-0.15, -0.1) is 11.3 Å². The normalized spacial score (nSPS) is 15.9. The number of aromatic nitrogens is 1. The van der Waals surface area contributed by atoms with Crippen molar-refractivity contribution in [2.45, 2.75) is 52.5 Å². The lowest BCUT2D eigenvalue weighted by Gasteiger charge is -2.25. The molecule has 0 radical (unpaired) electrons. The van der Waals surface area contributed by atoms with E-state index in [1.807, 2.05) is 6.92 Å². The monoisotopic (exact) mass is 401 g/mol. The lowest BCUT2D eigenvalue weighted by atomic mass is 9.86. The van der Waals surface area contributed by atoms with E-state index < -0.39 is 10.0 Å². The third kappa shape index (κ3) is 7.20. The molecular formula is C17H31N5O2S2. The van der Waals surface area contributed by atoms with Crippen molar-refractivity contribution in [2.75, 3.05) is 25.4 Å². The summed E-state index contributed by atoms with van der Waals surface area (Å²) >= 11 is 1.60. The number of aliphatic imine (C=N–C) groups is 1. The number of rotatable bonds is 10. The third-order valence-corrected chi connectivity index (χ3v) is 6.56. The average molecular weight is 402 g/mol. The van der Waals surface area contributed by atoms with Gasteiger partial charge < -0.3 is 10.6 Å². The number of hydrogen-bond acceptors (Lipinski definition) is 5. The molecule has 1 fully saturated rings. The highest BCUT2D eigenvalue weighted by molar-refractivity contribution is 7.89. The van der Waals surface area contributed by atoms with Crippen molar-refractivity contribution in [1.29, 1.82) is 0 Å². The zero-order valence-electron chi connectivity index (χ0n) is 15.9. The van der Waals surface area contributed by atoms with E-state index in [1.165, 1.54) is 6.42 Å². The van der Waals surface area contributed by atoms with Crippen LogP contribution in [0.3, 0.4) is 0 Å². The number of sulfonamides is 1. The summed E-state index contributed by atoms with van der Waals surface area (Å²) in [6, 6.07) is 0. The molecule has 1 heterocycles. The Kier molecular flexibility index (Phi) is 8.30. The van der Waals surface area contributed by atoms with Crippen molar-refractivity contribution in [2.24, 2.45) is 10.9 Å². The fourth-order valence-corrected chi connectivity index (χ4v) is 4.35. The first-order valence-electron chi connectivity index (χ1n) is 9.33. The molecule has 7 nitrogen and oxygen atoms in total. The minimum absolute atomic E-state index is 0.0406. The highest BCUT2D eigenvalue weighted by Gasteiger charge is 2.20. The van der Waals surface area contributed by atoms with Gasteiger partial charge in [0, 0.05) is 25.0 Å². The van der Waals surface area contributed by atoms with E-state index in [-0.39, 0.29) is 5.75 Å². The Bertz CT molecular complexity index is 681. The first-order chi connectivity index (χ1) is 12.4. The van der Waals surface area contributed by atoms with Crippen LogP contribution in [0.5, 0.6) is 0 Å². The molecule has 26 heavy (non-hydrogen) atoms. The molecule has 1 aromatic heterocycles. The Morgan fingerprint density at radius 3 is 2.73 bits per heavy atom. The lowest BCUT2D eigenvalue weighted by Crippen LogP contribution is -2.42. The summed E-state index contributed by atoms with van der Waals surface area (Å²) < 4.78 is 26.8. The minimum atomic E-state index is -3.24. The van der Waals surface area contributed by atoms with Gasteiger partial charge in [0.25, 0.3) is 0 Å². The molecule has 1 aromatic rings. The fraction of sp³-hybridized carbons (Fsp3) is 0.765. The Labute approximate surface area is 161 Å². The fourth-order valence-electron chi connectivity index (χ4n) is 2.47.